The first-order chi connectivity index (χ1) is 9.59. The predicted molar refractivity (Wildman–Crippen MR) is 77.0 cm³/mol. The second kappa shape index (κ2) is 4.78. The summed E-state index contributed by atoms with van der Waals surface area (Å²) in [5.74, 6) is 0.438. The summed E-state index contributed by atoms with van der Waals surface area (Å²) in [6, 6.07) is 8.17. The Bertz CT molecular complexity index is 645. The van der Waals surface area contributed by atoms with Crippen LogP contribution in [0.4, 0.5) is 5.69 Å². The lowest BCUT2D eigenvalue weighted by molar-refractivity contribution is 0.0953. The standard InChI is InChI=1S/C16H18N2O2/c1-10(2)14-15(20-9-17-14)16(19)18-11(3)8-12-6-4-5-7-13(12)18/h4-7,9-11H,8H2,1-3H3. The fourth-order valence-corrected chi connectivity index (χ4v) is 2.81. The number of carbonyl (C=O) groups is 1. The fourth-order valence-electron chi connectivity index (χ4n) is 2.81. The molecule has 0 fully saturated rings. The average molecular weight is 270 g/mol. The Kier molecular flexibility index (Phi) is 3.08. The van der Waals surface area contributed by atoms with Crippen molar-refractivity contribution in [2.45, 2.75) is 39.2 Å². The molecule has 4 nitrogen and oxygen atoms in total. The summed E-state index contributed by atoms with van der Waals surface area (Å²) in [6.07, 6.45) is 2.24. The fraction of sp³-hybridized carbons (Fsp3) is 0.375. The lowest BCUT2D eigenvalue weighted by atomic mass is 10.1. The number of oxazole rings is 1. The summed E-state index contributed by atoms with van der Waals surface area (Å²) in [5.41, 5.74) is 2.92. The van der Waals surface area contributed by atoms with Crippen molar-refractivity contribution >= 4 is 11.6 Å². The molecule has 1 aromatic carbocycles. The summed E-state index contributed by atoms with van der Waals surface area (Å²) < 4.78 is 5.36. The predicted octanol–water partition coefficient (Wildman–Crippen LogP) is 3.39. The first kappa shape index (κ1) is 12.9. The van der Waals surface area contributed by atoms with Crippen LogP contribution >= 0.6 is 0 Å². The van der Waals surface area contributed by atoms with E-state index in [2.05, 4.69) is 18.0 Å². The number of hydrogen-bond donors (Lipinski definition) is 0. The highest BCUT2D eigenvalue weighted by Crippen LogP contribution is 2.34. The SMILES string of the molecule is CC(C)c1ncoc1C(=O)N1c2ccccc2CC1C. The first-order valence-electron chi connectivity index (χ1n) is 6.94. The number of anilines is 1. The second-order valence-electron chi connectivity index (χ2n) is 5.58. The van der Waals surface area contributed by atoms with Crippen LogP contribution in [0, 0.1) is 0 Å². The van der Waals surface area contributed by atoms with E-state index in [1.165, 1.54) is 12.0 Å². The number of para-hydroxylation sites is 1. The van der Waals surface area contributed by atoms with Crippen LogP contribution in [0.3, 0.4) is 0 Å². The maximum atomic E-state index is 12.8. The van der Waals surface area contributed by atoms with Crippen molar-refractivity contribution in [3.05, 3.63) is 47.7 Å². The van der Waals surface area contributed by atoms with Gasteiger partial charge in [-0.1, -0.05) is 32.0 Å². The summed E-state index contributed by atoms with van der Waals surface area (Å²) in [7, 11) is 0. The van der Waals surface area contributed by atoms with Gasteiger partial charge in [-0.3, -0.25) is 4.79 Å². The maximum Gasteiger partial charge on any atom is 0.296 e. The van der Waals surface area contributed by atoms with Gasteiger partial charge in [-0.15, -0.1) is 0 Å². The molecule has 0 saturated carbocycles. The molecule has 0 saturated heterocycles. The summed E-state index contributed by atoms with van der Waals surface area (Å²) in [4.78, 5) is 18.8. The van der Waals surface area contributed by atoms with Crippen LogP contribution in [-0.4, -0.2) is 16.9 Å². The summed E-state index contributed by atoms with van der Waals surface area (Å²) in [6.45, 7) is 6.08. The number of amides is 1. The Morgan fingerprint density at radius 3 is 2.90 bits per heavy atom. The van der Waals surface area contributed by atoms with Crippen LogP contribution in [0.15, 0.2) is 35.1 Å². The zero-order valence-electron chi connectivity index (χ0n) is 12.0. The Labute approximate surface area is 118 Å². The van der Waals surface area contributed by atoms with Crippen molar-refractivity contribution in [3.8, 4) is 0 Å². The van der Waals surface area contributed by atoms with Crippen LogP contribution in [0.1, 0.15) is 48.5 Å². The van der Waals surface area contributed by atoms with Gasteiger partial charge < -0.3 is 9.32 Å². The van der Waals surface area contributed by atoms with E-state index in [4.69, 9.17) is 4.42 Å². The topological polar surface area (TPSA) is 46.3 Å². The number of carbonyl (C=O) groups excluding carboxylic acids is 1. The smallest absolute Gasteiger partial charge is 0.296 e. The number of fused-ring (bicyclic) bond motifs is 1. The van der Waals surface area contributed by atoms with Gasteiger partial charge in [0, 0.05) is 11.7 Å². The van der Waals surface area contributed by atoms with E-state index in [9.17, 15) is 4.79 Å². The largest absolute Gasteiger partial charge is 0.438 e. The minimum absolute atomic E-state index is 0.0938. The molecular weight excluding hydrogens is 252 g/mol. The van der Waals surface area contributed by atoms with Crippen molar-refractivity contribution in [2.24, 2.45) is 0 Å². The van der Waals surface area contributed by atoms with Gasteiger partial charge in [0.2, 0.25) is 5.76 Å². The lowest BCUT2D eigenvalue weighted by Gasteiger charge is -2.22. The normalized spacial score (nSPS) is 17.6. The maximum absolute atomic E-state index is 12.8. The minimum atomic E-state index is -0.0938. The van der Waals surface area contributed by atoms with E-state index in [0.29, 0.717) is 5.76 Å². The van der Waals surface area contributed by atoms with E-state index in [1.54, 1.807) is 0 Å². The minimum Gasteiger partial charge on any atom is -0.438 e. The number of rotatable bonds is 2. The Hall–Kier alpha value is -2.10. The van der Waals surface area contributed by atoms with Gasteiger partial charge in [-0.2, -0.15) is 0 Å². The van der Waals surface area contributed by atoms with E-state index >= 15 is 0 Å². The van der Waals surface area contributed by atoms with E-state index in [-0.39, 0.29) is 17.9 Å². The molecule has 104 valence electrons. The highest BCUT2D eigenvalue weighted by molar-refractivity contribution is 6.06. The van der Waals surface area contributed by atoms with E-state index in [0.717, 1.165) is 17.8 Å². The zero-order valence-corrected chi connectivity index (χ0v) is 12.0. The molecule has 20 heavy (non-hydrogen) atoms. The zero-order chi connectivity index (χ0) is 14.3. The molecule has 2 aromatic rings. The number of aromatic nitrogens is 1. The van der Waals surface area contributed by atoms with Gasteiger partial charge in [0.25, 0.3) is 5.91 Å². The molecule has 1 aliphatic heterocycles. The van der Waals surface area contributed by atoms with Gasteiger partial charge >= 0.3 is 0 Å². The molecule has 2 heterocycles. The van der Waals surface area contributed by atoms with Crippen LogP contribution in [0.5, 0.6) is 0 Å². The third-order valence-electron chi connectivity index (χ3n) is 3.76. The summed E-state index contributed by atoms with van der Waals surface area (Å²) >= 11 is 0. The molecule has 1 amide bonds. The highest BCUT2D eigenvalue weighted by atomic mass is 16.3. The average Bonchev–Trinajstić information content (AvgIpc) is 3.01. The van der Waals surface area contributed by atoms with E-state index in [1.807, 2.05) is 36.9 Å². The number of nitrogens with zero attached hydrogens (tertiary/aromatic N) is 2. The monoisotopic (exact) mass is 270 g/mol. The number of hydrogen-bond acceptors (Lipinski definition) is 3. The third-order valence-corrected chi connectivity index (χ3v) is 3.76. The molecule has 0 N–H and O–H groups in total. The van der Waals surface area contributed by atoms with Crippen molar-refractivity contribution in [1.29, 1.82) is 0 Å². The third kappa shape index (κ3) is 1.92. The van der Waals surface area contributed by atoms with Crippen molar-refractivity contribution in [3.63, 3.8) is 0 Å². The molecule has 0 spiro atoms. The molecule has 1 unspecified atom stereocenters. The van der Waals surface area contributed by atoms with Gasteiger partial charge in [-0.05, 0) is 30.9 Å². The Morgan fingerprint density at radius 1 is 1.40 bits per heavy atom. The van der Waals surface area contributed by atoms with E-state index < -0.39 is 0 Å². The quantitative estimate of drug-likeness (QED) is 0.840. The van der Waals surface area contributed by atoms with Gasteiger partial charge in [0.1, 0.15) is 0 Å². The Morgan fingerprint density at radius 2 is 2.15 bits per heavy atom. The number of benzene rings is 1. The van der Waals surface area contributed by atoms with Crippen LogP contribution in [0.25, 0.3) is 0 Å². The molecule has 1 atom stereocenters. The molecule has 4 heteroatoms. The lowest BCUT2D eigenvalue weighted by Crippen LogP contribution is -2.36. The molecule has 0 aliphatic carbocycles. The second-order valence-corrected chi connectivity index (χ2v) is 5.58. The molecule has 0 bridgehead atoms. The van der Waals surface area contributed by atoms with Crippen molar-refractivity contribution in [2.75, 3.05) is 4.90 Å². The van der Waals surface area contributed by atoms with Gasteiger partial charge in [-0.25, -0.2) is 4.98 Å². The molecule has 1 aliphatic rings. The van der Waals surface area contributed by atoms with Crippen molar-refractivity contribution < 1.29 is 9.21 Å². The highest BCUT2D eigenvalue weighted by Gasteiger charge is 2.34. The first-order valence-corrected chi connectivity index (χ1v) is 6.94. The van der Waals surface area contributed by atoms with Gasteiger partial charge in [0.05, 0.1) is 5.69 Å². The van der Waals surface area contributed by atoms with Crippen LogP contribution < -0.4 is 4.90 Å². The molecule has 1 aromatic heterocycles. The van der Waals surface area contributed by atoms with Gasteiger partial charge in [0.15, 0.2) is 6.39 Å². The molecular formula is C16H18N2O2. The van der Waals surface area contributed by atoms with Crippen LogP contribution in [0.2, 0.25) is 0 Å². The van der Waals surface area contributed by atoms with Crippen LogP contribution in [-0.2, 0) is 6.42 Å². The Balaban J connectivity index is 2.01. The molecule has 3 rings (SSSR count). The van der Waals surface area contributed by atoms with Crippen molar-refractivity contribution in [1.82, 2.24) is 4.98 Å². The summed E-state index contributed by atoms with van der Waals surface area (Å²) in [5, 5.41) is 0. The molecule has 0 radical (unpaired) electrons.